The van der Waals surface area contributed by atoms with Crippen LogP contribution in [0.3, 0.4) is 0 Å². The van der Waals surface area contributed by atoms with Gasteiger partial charge in [-0.05, 0) is 37.2 Å². The molecule has 0 aromatic heterocycles. The van der Waals surface area contributed by atoms with Crippen LogP contribution in [-0.2, 0) is 6.54 Å². The largest absolute Gasteiger partial charge is 0.298 e. The third-order valence-electron chi connectivity index (χ3n) is 3.40. The second-order valence-electron chi connectivity index (χ2n) is 5.05. The van der Waals surface area contributed by atoms with Crippen molar-refractivity contribution in [3.63, 3.8) is 0 Å². The maximum Gasteiger partial charge on any atom is 0.123 e. The van der Waals surface area contributed by atoms with Crippen LogP contribution in [0, 0.1) is 5.82 Å². The van der Waals surface area contributed by atoms with Crippen molar-refractivity contribution in [3.8, 4) is 0 Å². The number of hydrogen-bond acceptors (Lipinski definition) is 2. The fourth-order valence-corrected chi connectivity index (χ4v) is 2.60. The Labute approximate surface area is 119 Å². The Kier molecular flexibility index (Phi) is 5.37. The first kappa shape index (κ1) is 14.5. The van der Waals surface area contributed by atoms with E-state index >= 15 is 0 Å². The summed E-state index contributed by atoms with van der Waals surface area (Å²) in [5, 5.41) is 0.701. The summed E-state index contributed by atoms with van der Waals surface area (Å²) in [5.41, 5.74) is 1.16. The van der Waals surface area contributed by atoms with Gasteiger partial charge in [0.2, 0.25) is 0 Å². The van der Waals surface area contributed by atoms with E-state index in [1.54, 1.807) is 0 Å². The summed E-state index contributed by atoms with van der Waals surface area (Å²) in [4.78, 5) is 4.74. The third kappa shape index (κ3) is 4.94. The van der Waals surface area contributed by atoms with Gasteiger partial charge in [0.1, 0.15) is 5.82 Å². The van der Waals surface area contributed by atoms with Crippen LogP contribution in [0.2, 0.25) is 0 Å². The highest BCUT2D eigenvalue weighted by molar-refractivity contribution is 6.29. The molecule has 0 N–H and O–H groups in total. The van der Waals surface area contributed by atoms with Gasteiger partial charge in [0.05, 0.1) is 0 Å². The maximum atomic E-state index is 12.9. The average Bonchev–Trinajstić information content (AvgIpc) is 2.57. The molecule has 2 nitrogen and oxygen atoms in total. The molecule has 1 saturated heterocycles. The van der Waals surface area contributed by atoms with Crippen LogP contribution in [0.15, 0.2) is 35.9 Å². The highest BCUT2D eigenvalue weighted by Gasteiger charge is 2.15. The van der Waals surface area contributed by atoms with Crippen molar-refractivity contribution in [3.05, 3.63) is 47.3 Å². The van der Waals surface area contributed by atoms with Crippen LogP contribution in [0.5, 0.6) is 0 Å². The number of nitrogens with zero attached hydrogens (tertiary/aromatic N) is 2. The van der Waals surface area contributed by atoms with Gasteiger partial charge in [-0.3, -0.25) is 9.80 Å². The Hall–Kier alpha value is -0.900. The highest BCUT2D eigenvalue weighted by Crippen LogP contribution is 2.11. The number of hydrogen-bond donors (Lipinski definition) is 0. The van der Waals surface area contributed by atoms with Gasteiger partial charge in [-0.15, -0.1) is 0 Å². The smallest absolute Gasteiger partial charge is 0.123 e. The van der Waals surface area contributed by atoms with Crippen molar-refractivity contribution in [2.24, 2.45) is 0 Å². The predicted molar refractivity (Wildman–Crippen MR) is 77.7 cm³/mol. The second kappa shape index (κ2) is 7.04. The lowest BCUT2D eigenvalue weighted by Crippen LogP contribution is -2.31. The summed E-state index contributed by atoms with van der Waals surface area (Å²) in [7, 11) is 0. The minimum atomic E-state index is -0.175. The lowest BCUT2D eigenvalue weighted by molar-refractivity contribution is 0.261. The summed E-state index contributed by atoms with van der Waals surface area (Å²) in [6, 6.07) is 6.77. The molecular weight excluding hydrogens is 263 g/mol. The molecule has 0 saturated carbocycles. The van der Waals surface area contributed by atoms with Crippen LogP contribution in [0.4, 0.5) is 4.39 Å². The van der Waals surface area contributed by atoms with E-state index in [2.05, 4.69) is 16.4 Å². The molecule has 2 rings (SSSR count). The van der Waals surface area contributed by atoms with E-state index in [9.17, 15) is 4.39 Å². The zero-order valence-corrected chi connectivity index (χ0v) is 11.9. The summed E-state index contributed by atoms with van der Waals surface area (Å²) >= 11 is 5.86. The molecule has 1 aliphatic rings. The van der Waals surface area contributed by atoms with Gasteiger partial charge < -0.3 is 0 Å². The molecule has 1 aliphatic heterocycles. The first-order valence-electron chi connectivity index (χ1n) is 6.66. The zero-order valence-electron chi connectivity index (χ0n) is 11.1. The predicted octanol–water partition coefficient (Wildman–Crippen LogP) is 3.09. The van der Waals surface area contributed by atoms with Crippen LogP contribution >= 0.6 is 11.6 Å². The van der Waals surface area contributed by atoms with Crippen LogP contribution < -0.4 is 0 Å². The van der Waals surface area contributed by atoms with E-state index in [1.165, 1.54) is 12.1 Å². The Morgan fingerprint density at radius 2 is 1.74 bits per heavy atom. The minimum Gasteiger partial charge on any atom is -0.298 e. The monoisotopic (exact) mass is 282 g/mol. The van der Waals surface area contributed by atoms with E-state index in [4.69, 9.17) is 11.6 Å². The minimum absolute atomic E-state index is 0.175. The van der Waals surface area contributed by atoms with Crippen molar-refractivity contribution in [2.75, 3.05) is 32.7 Å². The average molecular weight is 283 g/mol. The SMILES string of the molecule is C=C(Cl)CN1CCCN(Cc2ccc(F)cc2)CC1. The summed E-state index contributed by atoms with van der Waals surface area (Å²) in [5.74, 6) is -0.175. The number of benzene rings is 1. The molecule has 1 fully saturated rings. The molecule has 0 aliphatic carbocycles. The highest BCUT2D eigenvalue weighted by atomic mass is 35.5. The Bertz CT molecular complexity index is 419. The van der Waals surface area contributed by atoms with Crippen LogP contribution in [0.1, 0.15) is 12.0 Å². The molecule has 1 aromatic carbocycles. The summed E-state index contributed by atoms with van der Waals surface area (Å²) in [6.07, 6.45) is 1.13. The van der Waals surface area contributed by atoms with Gasteiger partial charge in [0.25, 0.3) is 0 Å². The van der Waals surface area contributed by atoms with Crippen molar-refractivity contribution in [2.45, 2.75) is 13.0 Å². The van der Waals surface area contributed by atoms with Gasteiger partial charge >= 0.3 is 0 Å². The normalized spacial score (nSPS) is 18.2. The van der Waals surface area contributed by atoms with Crippen molar-refractivity contribution >= 4 is 11.6 Å². The molecule has 0 spiro atoms. The van der Waals surface area contributed by atoms with E-state index in [0.29, 0.717) is 5.03 Å². The van der Waals surface area contributed by atoms with Gasteiger partial charge in [-0.25, -0.2) is 4.39 Å². The van der Waals surface area contributed by atoms with E-state index < -0.39 is 0 Å². The maximum absolute atomic E-state index is 12.9. The van der Waals surface area contributed by atoms with E-state index in [-0.39, 0.29) is 5.82 Å². The zero-order chi connectivity index (χ0) is 13.7. The molecule has 0 unspecified atom stereocenters. The fraction of sp³-hybridized carbons (Fsp3) is 0.467. The lowest BCUT2D eigenvalue weighted by atomic mass is 10.2. The van der Waals surface area contributed by atoms with Gasteiger partial charge in [0, 0.05) is 31.2 Å². The molecule has 0 amide bonds. The van der Waals surface area contributed by atoms with Gasteiger partial charge in [-0.2, -0.15) is 0 Å². The van der Waals surface area contributed by atoms with Crippen LogP contribution in [-0.4, -0.2) is 42.5 Å². The molecule has 0 radical (unpaired) electrons. The summed E-state index contributed by atoms with van der Waals surface area (Å²) < 4.78 is 12.9. The molecule has 1 heterocycles. The first-order valence-corrected chi connectivity index (χ1v) is 7.04. The third-order valence-corrected chi connectivity index (χ3v) is 3.52. The second-order valence-corrected chi connectivity index (χ2v) is 5.58. The number of halogens is 2. The quantitative estimate of drug-likeness (QED) is 0.837. The lowest BCUT2D eigenvalue weighted by Gasteiger charge is -2.21. The summed E-state index contributed by atoms with van der Waals surface area (Å²) in [6.45, 7) is 9.56. The molecule has 0 bridgehead atoms. The first-order chi connectivity index (χ1) is 9.13. The molecule has 104 valence electrons. The van der Waals surface area contributed by atoms with Gasteiger partial charge in [0.15, 0.2) is 0 Å². The topological polar surface area (TPSA) is 6.48 Å². The van der Waals surface area contributed by atoms with E-state index in [0.717, 1.165) is 51.3 Å². The molecule has 0 atom stereocenters. The van der Waals surface area contributed by atoms with Crippen molar-refractivity contribution in [1.82, 2.24) is 9.80 Å². The standard InChI is InChI=1S/C15H20ClFN2/c1-13(16)11-18-7-2-8-19(10-9-18)12-14-3-5-15(17)6-4-14/h3-6H,1-2,7-12H2. The Morgan fingerprint density at radius 1 is 1.11 bits per heavy atom. The Morgan fingerprint density at radius 3 is 2.42 bits per heavy atom. The Balaban J connectivity index is 1.85. The molecule has 1 aromatic rings. The van der Waals surface area contributed by atoms with Crippen LogP contribution in [0.25, 0.3) is 0 Å². The molecule has 19 heavy (non-hydrogen) atoms. The number of rotatable bonds is 4. The van der Waals surface area contributed by atoms with Crippen molar-refractivity contribution < 1.29 is 4.39 Å². The molecular formula is C15H20ClFN2. The fourth-order valence-electron chi connectivity index (χ4n) is 2.43. The molecule has 4 heteroatoms. The van der Waals surface area contributed by atoms with E-state index in [1.807, 2.05) is 12.1 Å². The van der Waals surface area contributed by atoms with Gasteiger partial charge in [-0.1, -0.05) is 30.3 Å². The van der Waals surface area contributed by atoms with Crippen molar-refractivity contribution in [1.29, 1.82) is 0 Å².